The van der Waals surface area contributed by atoms with Gasteiger partial charge in [-0.15, -0.1) is 0 Å². The maximum absolute atomic E-state index is 6.41. The van der Waals surface area contributed by atoms with Crippen molar-refractivity contribution in [3.63, 3.8) is 0 Å². The van der Waals surface area contributed by atoms with Gasteiger partial charge < -0.3 is 15.2 Å². The molecule has 0 saturated carbocycles. The summed E-state index contributed by atoms with van der Waals surface area (Å²) in [6.07, 6.45) is 0. The van der Waals surface area contributed by atoms with Crippen LogP contribution in [0.4, 0.5) is 0 Å². The maximum Gasteiger partial charge on any atom is 0.162 e. The van der Waals surface area contributed by atoms with Gasteiger partial charge in [-0.3, -0.25) is 0 Å². The van der Waals surface area contributed by atoms with E-state index in [0.717, 1.165) is 21.2 Å². The second-order valence-electron chi connectivity index (χ2n) is 4.97. The Kier molecular flexibility index (Phi) is 4.11. The van der Waals surface area contributed by atoms with Crippen molar-refractivity contribution >= 4 is 27.5 Å². The molecule has 3 nitrogen and oxygen atoms in total. The summed E-state index contributed by atoms with van der Waals surface area (Å²) >= 11 is 9.97. The second kappa shape index (κ2) is 5.87. The third-order valence-corrected chi connectivity index (χ3v) is 4.96. The molecular formula is C16H15BrClNO2. The first kappa shape index (κ1) is 14.7. The van der Waals surface area contributed by atoms with Gasteiger partial charge in [0.2, 0.25) is 0 Å². The van der Waals surface area contributed by atoms with E-state index in [4.69, 9.17) is 26.8 Å². The van der Waals surface area contributed by atoms with Crippen LogP contribution in [0.1, 0.15) is 22.7 Å². The minimum absolute atomic E-state index is 0.331. The van der Waals surface area contributed by atoms with Crippen LogP contribution in [0.15, 0.2) is 34.8 Å². The summed E-state index contributed by atoms with van der Waals surface area (Å²) in [6, 6.07) is 9.33. The van der Waals surface area contributed by atoms with Crippen molar-refractivity contribution in [2.45, 2.75) is 13.0 Å². The van der Waals surface area contributed by atoms with Crippen molar-refractivity contribution in [2.24, 2.45) is 5.73 Å². The molecule has 0 bridgehead atoms. The zero-order valence-electron chi connectivity index (χ0n) is 11.5. The Morgan fingerprint density at radius 3 is 2.52 bits per heavy atom. The summed E-state index contributed by atoms with van der Waals surface area (Å²) in [4.78, 5) is 0. The van der Waals surface area contributed by atoms with E-state index in [2.05, 4.69) is 15.9 Å². The molecule has 5 heteroatoms. The average molecular weight is 369 g/mol. The molecule has 0 radical (unpaired) electrons. The number of rotatable bonds is 2. The van der Waals surface area contributed by atoms with Gasteiger partial charge in [-0.2, -0.15) is 0 Å². The Hall–Kier alpha value is -1.23. The molecule has 2 aromatic carbocycles. The molecule has 21 heavy (non-hydrogen) atoms. The van der Waals surface area contributed by atoms with Crippen molar-refractivity contribution in [1.29, 1.82) is 0 Å². The highest BCUT2D eigenvalue weighted by Gasteiger charge is 2.21. The Morgan fingerprint density at radius 1 is 1.14 bits per heavy atom. The first-order valence-corrected chi connectivity index (χ1v) is 7.84. The van der Waals surface area contributed by atoms with Gasteiger partial charge in [0.1, 0.15) is 13.2 Å². The van der Waals surface area contributed by atoms with Crippen LogP contribution in [0.5, 0.6) is 11.5 Å². The number of fused-ring (bicyclic) bond motifs is 1. The lowest BCUT2D eigenvalue weighted by atomic mass is 9.97. The molecule has 0 aromatic heterocycles. The van der Waals surface area contributed by atoms with Gasteiger partial charge >= 0.3 is 0 Å². The summed E-state index contributed by atoms with van der Waals surface area (Å²) in [6.45, 7) is 3.11. The molecule has 1 unspecified atom stereocenters. The molecule has 0 aliphatic carbocycles. The number of ether oxygens (including phenoxy) is 2. The van der Waals surface area contributed by atoms with E-state index in [1.807, 2.05) is 31.2 Å². The lowest BCUT2D eigenvalue weighted by Gasteiger charge is -2.22. The first-order chi connectivity index (χ1) is 10.1. The number of benzene rings is 2. The van der Waals surface area contributed by atoms with Crippen LogP contribution in [-0.2, 0) is 0 Å². The predicted octanol–water partition coefficient (Wildman–Crippen LogP) is 4.23. The van der Waals surface area contributed by atoms with Gasteiger partial charge in [0.15, 0.2) is 11.5 Å². The van der Waals surface area contributed by atoms with Crippen LogP contribution in [0.25, 0.3) is 0 Å². The molecule has 2 aromatic rings. The maximum atomic E-state index is 6.41. The highest BCUT2D eigenvalue weighted by atomic mass is 79.9. The number of hydrogen-bond donors (Lipinski definition) is 1. The molecule has 1 aliphatic heterocycles. The normalized spacial score (nSPS) is 14.9. The van der Waals surface area contributed by atoms with E-state index in [9.17, 15) is 0 Å². The van der Waals surface area contributed by atoms with Crippen LogP contribution in [0.3, 0.4) is 0 Å². The molecule has 0 fully saturated rings. The smallest absolute Gasteiger partial charge is 0.162 e. The van der Waals surface area contributed by atoms with Crippen LogP contribution >= 0.6 is 27.5 Å². The van der Waals surface area contributed by atoms with Crippen molar-refractivity contribution in [3.05, 3.63) is 56.5 Å². The van der Waals surface area contributed by atoms with Crippen molar-refractivity contribution < 1.29 is 9.47 Å². The van der Waals surface area contributed by atoms with Gasteiger partial charge in [0, 0.05) is 15.6 Å². The van der Waals surface area contributed by atoms with Crippen LogP contribution in [0, 0.1) is 6.92 Å². The second-order valence-corrected chi connectivity index (χ2v) is 6.17. The van der Waals surface area contributed by atoms with Crippen LogP contribution in [0.2, 0.25) is 5.02 Å². The van der Waals surface area contributed by atoms with E-state index >= 15 is 0 Å². The Labute approximate surface area is 137 Å². The summed E-state index contributed by atoms with van der Waals surface area (Å²) in [7, 11) is 0. The zero-order chi connectivity index (χ0) is 15.0. The number of hydrogen-bond acceptors (Lipinski definition) is 3. The molecule has 0 amide bonds. The third-order valence-electron chi connectivity index (χ3n) is 3.55. The average Bonchev–Trinajstić information content (AvgIpc) is 2.48. The third kappa shape index (κ3) is 2.76. The summed E-state index contributed by atoms with van der Waals surface area (Å²) in [5, 5.41) is 0.583. The van der Waals surface area contributed by atoms with E-state index in [1.165, 1.54) is 0 Å². The molecule has 0 spiro atoms. The Balaban J connectivity index is 2.05. The number of halogens is 2. The Morgan fingerprint density at radius 2 is 1.81 bits per heavy atom. The summed E-state index contributed by atoms with van der Waals surface area (Å²) in [5.74, 6) is 1.37. The van der Waals surface area contributed by atoms with E-state index < -0.39 is 0 Å². The van der Waals surface area contributed by atoms with Gasteiger partial charge in [0.25, 0.3) is 0 Å². The minimum atomic E-state index is -0.331. The predicted molar refractivity (Wildman–Crippen MR) is 87.4 cm³/mol. The van der Waals surface area contributed by atoms with E-state index in [-0.39, 0.29) is 6.04 Å². The zero-order valence-corrected chi connectivity index (χ0v) is 13.9. The molecule has 3 rings (SSSR count). The molecule has 110 valence electrons. The summed E-state index contributed by atoms with van der Waals surface area (Å²) in [5.41, 5.74) is 9.37. The largest absolute Gasteiger partial charge is 0.486 e. The van der Waals surface area contributed by atoms with Gasteiger partial charge in [-0.25, -0.2) is 0 Å². The van der Waals surface area contributed by atoms with Gasteiger partial charge in [0.05, 0.1) is 6.04 Å². The fourth-order valence-electron chi connectivity index (χ4n) is 2.40. The molecule has 0 saturated heterocycles. The van der Waals surface area contributed by atoms with Crippen molar-refractivity contribution in [1.82, 2.24) is 0 Å². The van der Waals surface area contributed by atoms with E-state index in [1.54, 1.807) is 6.07 Å². The van der Waals surface area contributed by atoms with Crippen molar-refractivity contribution in [2.75, 3.05) is 13.2 Å². The monoisotopic (exact) mass is 367 g/mol. The van der Waals surface area contributed by atoms with Gasteiger partial charge in [-0.05, 0) is 29.7 Å². The van der Waals surface area contributed by atoms with Gasteiger partial charge in [-0.1, -0.05) is 45.7 Å². The van der Waals surface area contributed by atoms with Crippen molar-refractivity contribution in [3.8, 4) is 11.5 Å². The lowest BCUT2D eigenvalue weighted by molar-refractivity contribution is 0.171. The quantitative estimate of drug-likeness (QED) is 0.862. The standard InChI is InChI=1S/C16H15BrClNO2/c1-9-3-2-4-10(15(9)17)16(19)11-7-13-14(8-12(11)18)21-6-5-20-13/h2-4,7-8,16H,5-6,19H2,1H3. The highest BCUT2D eigenvalue weighted by molar-refractivity contribution is 9.10. The molecule has 1 aliphatic rings. The fraction of sp³-hybridized carbons (Fsp3) is 0.250. The highest BCUT2D eigenvalue weighted by Crippen LogP contribution is 2.40. The molecule has 1 atom stereocenters. The van der Waals surface area contributed by atoms with E-state index in [0.29, 0.717) is 29.7 Å². The minimum Gasteiger partial charge on any atom is -0.486 e. The fourth-order valence-corrected chi connectivity index (χ4v) is 3.18. The van der Waals surface area contributed by atoms with Crippen LogP contribution < -0.4 is 15.2 Å². The molecule has 2 N–H and O–H groups in total. The SMILES string of the molecule is Cc1cccc(C(N)c2cc3c(cc2Cl)OCCO3)c1Br. The summed E-state index contributed by atoms with van der Waals surface area (Å²) < 4.78 is 12.1. The molecular weight excluding hydrogens is 354 g/mol. The Bertz CT molecular complexity index is 690. The topological polar surface area (TPSA) is 44.5 Å². The number of nitrogens with two attached hydrogens (primary N) is 1. The first-order valence-electron chi connectivity index (χ1n) is 6.67. The number of aryl methyl sites for hydroxylation is 1. The van der Waals surface area contributed by atoms with Crippen LogP contribution in [-0.4, -0.2) is 13.2 Å². The lowest BCUT2D eigenvalue weighted by Crippen LogP contribution is -2.18. The molecule has 1 heterocycles.